The van der Waals surface area contributed by atoms with Gasteiger partial charge < -0.3 is 14.8 Å². The van der Waals surface area contributed by atoms with Gasteiger partial charge in [0.2, 0.25) is 0 Å². The van der Waals surface area contributed by atoms with Crippen molar-refractivity contribution in [1.82, 2.24) is 10.3 Å². The molecular formula is C16H17ClN2O3. The van der Waals surface area contributed by atoms with E-state index in [1.54, 1.807) is 13.2 Å². The van der Waals surface area contributed by atoms with Crippen LogP contribution in [0.3, 0.4) is 0 Å². The molecule has 0 spiro atoms. The first-order valence-corrected chi connectivity index (χ1v) is 7.17. The maximum Gasteiger partial charge on any atom is 0.251 e. The van der Waals surface area contributed by atoms with Crippen LogP contribution >= 0.6 is 11.6 Å². The maximum absolute atomic E-state index is 12.0. The summed E-state index contributed by atoms with van der Waals surface area (Å²) in [6.07, 6.45) is 1.28. The number of para-hydroxylation sites is 2. The van der Waals surface area contributed by atoms with Crippen molar-refractivity contribution in [2.24, 2.45) is 0 Å². The number of hydrogen-bond acceptors (Lipinski definition) is 4. The summed E-state index contributed by atoms with van der Waals surface area (Å²) in [7, 11) is 1.59. The maximum atomic E-state index is 12.0. The Hall–Kier alpha value is -2.27. The van der Waals surface area contributed by atoms with E-state index in [-0.39, 0.29) is 17.2 Å². The molecule has 0 saturated heterocycles. The van der Waals surface area contributed by atoms with Crippen molar-refractivity contribution < 1.29 is 14.3 Å². The Balaban J connectivity index is 1.90. The van der Waals surface area contributed by atoms with Crippen LogP contribution in [0, 0.1) is 0 Å². The van der Waals surface area contributed by atoms with Gasteiger partial charge >= 0.3 is 0 Å². The van der Waals surface area contributed by atoms with Crippen molar-refractivity contribution in [1.29, 1.82) is 0 Å². The lowest BCUT2D eigenvalue weighted by molar-refractivity contribution is 0.0931. The Morgan fingerprint density at radius 2 is 2.05 bits per heavy atom. The zero-order chi connectivity index (χ0) is 15.9. The van der Waals surface area contributed by atoms with Crippen LogP contribution in [-0.4, -0.2) is 30.6 Å². The highest BCUT2D eigenvalue weighted by atomic mass is 35.5. The topological polar surface area (TPSA) is 60.5 Å². The van der Waals surface area contributed by atoms with Gasteiger partial charge in [0.05, 0.1) is 13.7 Å². The van der Waals surface area contributed by atoms with Gasteiger partial charge in [0.15, 0.2) is 11.5 Å². The fraction of sp³-hybridized carbons (Fsp3) is 0.250. The molecule has 1 amide bonds. The van der Waals surface area contributed by atoms with Crippen LogP contribution < -0.4 is 14.8 Å². The number of carbonyl (C=O) groups is 1. The second-order valence-corrected chi connectivity index (χ2v) is 5.04. The number of ether oxygens (including phenoxy) is 2. The molecule has 6 heteroatoms. The molecule has 0 saturated carbocycles. The number of benzene rings is 1. The highest BCUT2D eigenvalue weighted by Gasteiger charge is 2.11. The van der Waals surface area contributed by atoms with Gasteiger partial charge in [-0.1, -0.05) is 23.7 Å². The molecule has 0 bridgehead atoms. The number of pyridine rings is 1. The lowest BCUT2D eigenvalue weighted by Gasteiger charge is -2.17. The van der Waals surface area contributed by atoms with Crippen molar-refractivity contribution in [3.63, 3.8) is 0 Å². The molecule has 1 aromatic carbocycles. The van der Waals surface area contributed by atoms with E-state index in [9.17, 15) is 4.79 Å². The first-order chi connectivity index (χ1) is 10.6. The van der Waals surface area contributed by atoms with E-state index in [0.717, 1.165) is 0 Å². The largest absolute Gasteiger partial charge is 0.493 e. The molecule has 0 unspecified atom stereocenters. The molecule has 2 rings (SSSR count). The lowest BCUT2D eigenvalue weighted by Crippen LogP contribution is -2.33. The molecule has 0 aliphatic carbocycles. The molecule has 0 aliphatic heterocycles. The number of carbonyl (C=O) groups excluding carboxylic acids is 1. The van der Waals surface area contributed by atoms with Crippen LogP contribution in [0.4, 0.5) is 0 Å². The highest BCUT2D eigenvalue weighted by molar-refractivity contribution is 6.29. The predicted octanol–water partition coefficient (Wildman–Crippen LogP) is 2.94. The minimum atomic E-state index is -0.222. The van der Waals surface area contributed by atoms with E-state index in [4.69, 9.17) is 21.1 Å². The van der Waals surface area contributed by atoms with Crippen molar-refractivity contribution in [3.05, 3.63) is 53.3 Å². The fourth-order valence-electron chi connectivity index (χ4n) is 1.86. The van der Waals surface area contributed by atoms with E-state index >= 15 is 0 Å². The Labute approximate surface area is 134 Å². The van der Waals surface area contributed by atoms with Crippen LogP contribution in [0.1, 0.15) is 17.3 Å². The quantitative estimate of drug-likeness (QED) is 0.831. The van der Waals surface area contributed by atoms with E-state index in [2.05, 4.69) is 10.3 Å². The molecule has 1 aromatic heterocycles. The highest BCUT2D eigenvalue weighted by Crippen LogP contribution is 2.26. The summed E-state index contributed by atoms with van der Waals surface area (Å²) in [6.45, 7) is 2.23. The first kappa shape index (κ1) is 16.1. The van der Waals surface area contributed by atoms with Gasteiger partial charge in [0.1, 0.15) is 11.3 Å². The fourth-order valence-corrected chi connectivity index (χ4v) is 2.03. The molecule has 2 aromatic rings. The number of methoxy groups -OCH3 is 1. The number of nitrogens with zero attached hydrogens (tertiary/aromatic N) is 1. The number of hydrogen-bond donors (Lipinski definition) is 1. The third-order valence-corrected chi connectivity index (χ3v) is 3.14. The monoisotopic (exact) mass is 320 g/mol. The molecule has 5 nitrogen and oxygen atoms in total. The summed E-state index contributed by atoms with van der Waals surface area (Å²) in [5.41, 5.74) is 0.462. The van der Waals surface area contributed by atoms with E-state index < -0.39 is 0 Å². The SMILES string of the molecule is COc1ccccc1O[C@@H](C)CNC(=O)c1ccnc(Cl)c1. The van der Waals surface area contributed by atoms with Gasteiger partial charge in [0, 0.05) is 11.8 Å². The zero-order valence-corrected chi connectivity index (χ0v) is 13.1. The second kappa shape index (κ2) is 7.66. The Kier molecular flexibility index (Phi) is 5.61. The third-order valence-electron chi connectivity index (χ3n) is 2.94. The van der Waals surface area contributed by atoms with Crippen molar-refractivity contribution in [2.45, 2.75) is 13.0 Å². The number of halogens is 1. The average molecular weight is 321 g/mol. The summed E-state index contributed by atoms with van der Waals surface area (Å²) < 4.78 is 11.0. The summed E-state index contributed by atoms with van der Waals surface area (Å²) in [5.74, 6) is 1.07. The third kappa shape index (κ3) is 4.36. The van der Waals surface area contributed by atoms with Crippen LogP contribution in [0.15, 0.2) is 42.6 Å². The minimum Gasteiger partial charge on any atom is -0.493 e. The Morgan fingerprint density at radius 1 is 1.32 bits per heavy atom. The number of nitrogens with one attached hydrogen (secondary N) is 1. The van der Waals surface area contributed by atoms with Gasteiger partial charge in [-0.15, -0.1) is 0 Å². The van der Waals surface area contributed by atoms with Gasteiger partial charge in [-0.3, -0.25) is 4.79 Å². The van der Waals surface area contributed by atoms with Crippen LogP contribution in [0.5, 0.6) is 11.5 Å². The molecule has 0 fully saturated rings. The van der Waals surface area contributed by atoms with Crippen LogP contribution in [-0.2, 0) is 0 Å². The number of rotatable bonds is 6. The normalized spacial score (nSPS) is 11.6. The molecule has 0 radical (unpaired) electrons. The van der Waals surface area contributed by atoms with Gasteiger partial charge in [-0.2, -0.15) is 0 Å². The molecule has 116 valence electrons. The first-order valence-electron chi connectivity index (χ1n) is 6.79. The Morgan fingerprint density at radius 3 is 2.73 bits per heavy atom. The van der Waals surface area contributed by atoms with Crippen molar-refractivity contribution >= 4 is 17.5 Å². The molecular weight excluding hydrogens is 304 g/mol. The van der Waals surface area contributed by atoms with Crippen molar-refractivity contribution in [2.75, 3.05) is 13.7 Å². The number of aromatic nitrogens is 1. The molecule has 1 heterocycles. The van der Waals surface area contributed by atoms with E-state index in [1.165, 1.54) is 12.3 Å². The average Bonchev–Trinajstić information content (AvgIpc) is 2.53. The molecule has 1 N–H and O–H groups in total. The summed E-state index contributed by atoms with van der Waals surface area (Å²) in [6, 6.07) is 10.5. The summed E-state index contributed by atoms with van der Waals surface area (Å²) in [4.78, 5) is 15.8. The second-order valence-electron chi connectivity index (χ2n) is 4.66. The van der Waals surface area contributed by atoms with Crippen molar-refractivity contribution in [3.8, 4) is 11.5 Å². The van der Waals surface area contributed by atoms with Gasteiger partial charge in [-0.05, 0) is 31.2 Å². The van der Waals surface area contributed by atoms with E-state index in [1.807, 2.05) is 31.2 Å². The zero-order valence-electron chi connectivity index (χ0n) is 12.4. The van der Waals surface area contributed by atoms with Crippen LogP contribution in [0.25, 0.3) is 0 Å². The summed E-state index contributed by atoms with van der Waals surface area (Å²) >= 11 is 5.76. The summed E-state index contributed by atoms with van der Waals surface area (Å²) in [5, 5.41) is 3.08. The van der Waals surface area contributed by atoms with E-state index in [0.29, 0.717) is 23.6 Å². The Bertz CT molecular complexity index is 649. The predicted molar refractivity (Wildman–Crippen MR) is 84.7 cm³/mol. The van der Waals surface area contributed by atoms with Gasteiger partial charge in [-0.25, -0.2) is 4.98 Å². The molecule has 0 aliphatic rings. The minimum absolute atomic E-state index is 0.211. The smallest absolute Gasteiger partial charge is 0.251 e. The molecule has 1 atom stereocenters. The standard InChI is InChI=1S/C16H17ClN2O3/c1-11(22-14-6-4-3-5-13(14)21-2)10-19-16(20)12-7-8-18-15(17)9-12/h3-9,11H,10H2,1-2H3,(H,19,20)/t11-/m0/s1. The van der Waals surface area contributed by atoms with Gasteiger partial charge in [0.25, 0.3) is 5.91 Å². The molecule has 22 heavy (non-hydrogen) atoms. The lowest BCUT2D eigenvalue weighted by atomic mass is 10.2. The number of amides is 1. The van der Waals surface area contributed by atoms with Crippen LogP contribution in [0.2, 0.25) is 5.15 Å².